The number of carbonyl (C=O) groups excluding carboxylic acids is 2. The van der Waals surface area contributed by atoms with Crippen LogP contribution in [0.3, 0.4) is 0 Å². The average molecular weight is 389 g/mol. The van der Waals surface area contributed by atoms with E-state index in [0.29, 0.717) is 30.5 Å². The van der Waals surface area contributed by atoms with Crippen molar-refractivity contribution in [1.29, 1.82) is 0 Å². The minimum Gasteiger partial charge on any atom is -0.489 e. The molecule has 1 N–H and O–H groups in total. The van der Waals surface area contributed by atoms with Crippen LogP contribution in [-0.4, -0.2) is 24.9 Å². The lowest BCUT2D eigenvalue weighted by molar-refractivity contribution is -0.124. The van der Waals surface area contributed by atoms with Crippen molar-refractivity contribution in [3.63, 3.8) is 0 Å². The molecule has 0 saturated heterocycles. The van der Waals surface area contributed by atoms with Crippen LogP contribution in [0.25, 0.3) is 0 Å². The van der Waals surface area contributed by atoms with Crippen LogP contribution in [0.2, 0.25) is 5.02 Å². The highest BCUT2D eigenvalue weighted by Crippen LogP contribution is 2.21. The number of benzene rings is 2. The van der Waals surface area contributed by atoms with E-state index in [0.717, 1.165) is 11.3 Å². The van der Waals surface area contributed by atoms with Crippen LogP contribution in [0.4, 0.5) is 5.69 Å². The molecular weight excluding hydrogens is 364 g/mol. The van der Waals surface area contributed by atoms with E-state index in [2.05, 4.69) is 5.32 Å². The molecule has 0 bridgehead atoms. The van der Waals surface area contributed by atoms with Crippen molar-refractivity contribution < 1.29 is 14.3 Å². The van der Waals surface area contributed by atoms with Gasteiger partial charge in [0.1, 0.15) is 12.4 Å². The summed E-state index contributed by atoms with van der Waals surface area (Å²) in [7, 11) is 0. The Morgan fingerprint density at radius 3 is 2.26 bits per heavy atom. The first-order valence-electron chi connectivity index (χ1n) is 8.90. The van der Waals surface area contributed by atoms with Crippen LogP contribution in [0, 0.1) is 5.92 Å². The summed E-state index contributed by atoms with van der Waals surface area (Å²) in [6, 6.07) is 14.8. The average Bonchev–Trinajstić information content (AvgIpc) is 2.65. The van der Waals surface area contributed by atoms with Gasteiger partial charge in [0.2, 0.25) is 11.8 Å². The van der Waals surface area contributed by atoms with E-state index in [4.69, 9.17) is 16.3 Å². The third kappa shape index (κ3) is 6.61. The van der Waals surface area contributed by atoms with Crippen LogP contribution in [0.15, 0.2) is 48.5 Å². The van der Waals surface area contributed by atoms with Crippen LogP contribution in [0.1, 0.15) is 26.3 Å². The number of halogens is 1. The number of nitrogens with zero attached hydrogens (tertiary/aromatic N) is 1. The number of hydrogen-bond donors (Lipinski definition) is 1. The van der Waals surface area contributed by atoms with Crippen molar-refractivity contribution in [2.75, 3.05) is 18.0 Å². The number of amides is 2. The second-order valence-electron chi connectivity index (χ2n) is 6.53. The van der Waals surface area contributed by atoms with Crippen molar-refractivity contribution in [3.8, 4) is 5.75 Å². The topological polar surface area (TPSA) is 58.6 Å². The molecule has 0 aromatic heterocycles. The summed E-state index contributed by atoms with van der Waals surface area (Å²) >= 11 is 5.87. The number of nitrogens with one attached hydrogen (secondary N) is 1. The van der Waals surface area contributed by atoms with Crippen LogP contribution >= 0.6 is 11.6 Å². The summed E-state index contributed by atoms with van der Waals surface area (Å²) in [4.78, 5) is 25.2. The van der Waals surface area contributed by atoms with Gasteiger partial charge in [0.25, 0.3) is 0 Å². The van der Waals surface area contributed by atoms with Gasteiger partial charge in [0, 0.05) is 36.6 Å². The molecule has 0 unspecified atom stereocenters. The smallest absolute Gasteiger partial charge is 0.223 e. The van der Waals surface area contributed by atoms with Gasteiger partial charge in [-0.1, -0.05) is 37.6 Å². The zero-order valence-corrected chi connectivity index (χ0v) is 16.6. The van der Waals surface area contributed by atoms with Crippen molar-refractivity contribution in [2.24, 2.45) is 5.92 Å². The van der Waals surface area contributed by atoms with Gasteiger partial charge in [-0.15, -0.1) is 0 Å². The third-order valence-electron chi connectivity index (χ3n) is 4.01. The molecule has 2 aromatic rings. The second-order valence-corrected chi connectivity index (χ2v) is 6.96. The molecule has 6 heteroatoms. The molecule has 2 amide bonds. The Hall–Kier alpha value is -2.53. The Kier molecular flexibility index (Phi) is 7.67. The highest BCUT2D eigenvalue weighted by Gasteiger charge is 2.13. The third-order valence-corrected chi connectivity index (χ3v) is 4.26. The molecule has 27 heavy (non-hydrogen) atoms. The summed E-state index contributed by atoms with van der Waals surface area (Å²) in [5.41, 5.74) is 1.79. The van der Waals surface area contributed by atoms with Gasteiger partial charge < -0.3 is 15.0 Å². The molecule has 0 aliphatic rings. The number of ether oxygens (including phenoxy) is 1. The monoisotopic (exact) mass is 388 g/mol. The van der Waals surface area contributed by atoms with E-state index in [-0.39, 0.29) is 17.7 Å². The van der Waals surface area contributed by atoms with Crippen LogP contribution < -0.4 is 15.0 Å². The lowest BCUT2D eigenvalue weighted by Crippen LogP contribution is -2.38. The van der Waals surface area contributed by atoms with E-state index in [1.165, 1.54) is 6.92 Å². The zero-order chi connectivity index (χ0) is 19.8. The Bertz CT molecular complexity index is 758. The van der Waals surface area contributed by atoms with Gasteiger partial charge in [0.15, 0.2) is 0 Å². The van der Waals surface area contributed by atoms with Crippen molar-refractivity contribution in [2.45, 2.75) is 27.4 Å². The minimum absolute atomic E-state index is 0.0237. The van der Waals surface area contributed by atoms with E-state index < -0.39 is 0 Å². The summed E-state index contributed by atoms with van der Waals surface area (Å²) < 4.78 is 5.76. The molecule has 144 valence electrons. The number of anilines is 1. The number of hydrogen-bond acceptors (Lipinski definition) is 3. The largest absolute Gasteiger partial charge is 0.489 e. The van der Waals surface area contributed by atoms with Crippen LogP contribution in [0.5, 0.6) is 5.75 Å². The SMILES string of the molecule is CC(=O)N(CCNC(=O)C(C)C)c1ccc(OCc2ccc(Cl)cc2)cc1. The molecule has 0 aliphatic carbocycles. The Labute approximate surface area is 165 Å². The van der Waals surface area contributed by atoms with E-state index >= 15 is 0 Å². The molecule has 5 nitrogen and oxygen atoms in total. The second kappa shape index (κ2) is 9.97. The fraction of sp³-hybridized carbons (Fsp3) is 0.333. The van der Waals surface area contributed by atoms with Gasteiger partial charge in [-0.2, -0.15) is 0 Å². The zero-order valence-electron chi connectivity index (χ0n) is 15.9. The van der Waals surface area contributed by atoms with Crippen molar-refractivity contribution >= 4 is 29.1 Å². The van der Waals surface area contributed by atoms with Crippen LogP contribution in [-0.2, 0) is 16.2 Å². The summed E-state index contributed by atoms with van der Waals surface area (Å²) in [5.74, 6) is 0.534. The maximum Gasteiger partial charge on any atom is 0.223 e. The minimum atomic E-state index is -0.0800. The molecule has 0 heterocycles. The molecule has 0 saturated carbocycles. The van der Waals surface area contributed by atoms with E-state index in [1.54, 1.807) is 4.90 Å². The summed E-state index contributed by atoms with van der Waals surface area (Å²) in [6.45, 7) is 6.44. The van der Waals surface area contributed by atoms with Gasteiger partial charge in [-0.3, -0.25) is 9.59 Å². The summed E-state index contributed by atoms with van der Waals surface area (Å²) in [5, 5.41) is 3.52. The first-order valence-corrected chi connectivity index (χ1v) is 9.27. The highest BCUT2D eigenvalue weighted by atomic mass is 35.5. The van der Waals surface area contributed by atoms with Crippen molar-refractivity contribution in [1.82, 2.24) is 5.32 Å². The highest BCUT2D eigenvalue weighted by molar-refractivity contribution is 6.30. The lowest BCUT2D eigenvalue weighted by Gasteiger charge is -2.22. The lowest BCUT2D eigenvalue weighted by atomic mass is 10.2. The Morgan fingerprint density at radius 1 is 1.07 bits per heavy atom. The predicted molar refractivity (Wildman–Crippen MR) is 108 cm³/mol. The molecule has 0 radical (unpaired) electrons. The molecule has 0 aliphatic heterocycles. The van der Waals surface area contributed by atoms with E-state index in [9.17, 15) is 9.59 Å². The first kappa shape index (κ1) is 20.8. The predicted octanol–water partition coefficient (Wildman–Crippen LogP) is 4.04. The number of carbonyl (C=O) groups is 2. The molecular formula is C21H25ClN2O3. The number of rotatable bonds is 8. The standard InChI is InChI=1S/C21H25ClN2O3/c1-15(2)21(26)23-12-13-24(16(3)25)19-8-10-20(11-9-19)27-14-17-4-6-18(22)7-5-17/h4-11,15H,12-14H2,1-3H3,(H,23,26). The molecule has 0 fully saturated rings. The molecule has 2 rings (SSSR count). The first-order chi connectivity index (χ1) is 12.9. The van der Waals surface area contributed by atoms with Gasteiger partial charge in [-0.05, 0) is 42.0 Å². The summed E-state index contributed by atoms with van der Waals surface area (Å²) in [6.07, 6.45) is 0. The van der Waals surface area contributed by atoms with Gasteiger partial charge in [0.05, 0.1) is 0 Å². The fourth-order valence-corrected chi connectivity index (χ4v) is 2.56. The maximum atomic E-state index is 11.9. The Balaban J connectivity index is 1.92. The fourth-order valence-electron chi connectivity index (χ4n) is 2.43. The van der Waals surface area contributed by atoms with Gasteiger partial charge in [-0.25, -0.2) is 0 Å². The Morgan fingerprint density at radius 2 is 1.70 bits per heavy atom. The quantitative estimate of drug-likeness (QED) is 0.742. The maximum absolute atomic E-state index is 11.9. The van der Waals surface area contributed by atoms with E-state index in [1.807, 2.05) is 62.4 Å². The molecule has 0 atom stereocenters. The molecule has 2 aromatic carbocycles. The van der Waals surface area contributed by atoms with Gasteiger partial charge >= 0.3 is 0 Å². The van der Waals surface area contributed by atoms with Crippen molar-refractivity contribution in [3.05, 3.63) is 59.1 Å². The normalized spacial score (nSPS) is 10.6. The molecule has 0 spiro atoms.